The molecule has 5 heteroatoms. The summed E-state index contributed by atoms with van der Waals surface area (Å²) in [6, 6.07) is 3.77. The van der Waals surface area contributed by atoms with Gasteiger partial charge in [-0.1, -0.05) is 0 Å². The first-order valence-electron chi connectivity index (χ1n) is 6.21. The van der Waals surface area contributed by atoms with E-state index in [-0.39, 0.29) is 12.0 Å². The molecule has 0 aliphatic carbocycles. The maximum atomic E-state index is 11.9. The van der Waals surface area contributed by atoms with Crippen molar-refractivity contribution in [2.24, 2.45) is 0 Å². The van der Waals surface area contributed by atoms with E-state index in [0.717, 1.165) is 30.2 Å². The van der Waals surface area contributed by atoms with E-state index in [2.05, 4.69) is 15.6 Å². The van der Waals surface area contributed by atoms with Crippen LogP contribution < -0.4 is 10.6 Å². The maximum absolute atomic E-state index is 11.9. The van der Waals surface area contributed by atoms with Crippen LogP contribution in [0.5, 0.6) is 0 Å². The minimum atomic E-state index is -0.0301. The molecule has 1 saturated heterocycles. The number of aryl methyl sites for hydroxylation is 2. The summed E-state index contributed by atoms with van der Waals surface area (Å²) in [6.45, 7) is 6.09. The van der Waals surface area contributed by atoms with E-state index in [0.29, 0.717) is 13.0 Å². The first-order valence-corrected chi connectivity index (χ1v) is 6.21. The number of aromatic nitrogens is 1. The summed E-state index contributed by atoms with van der Waals surface area (Å²) in [5, 5.41) is 6.08. The molecule has 18 heavy (non-hydrogen) atoms. The molecule has 98 valence electrons. The first kappa shape index (κ1) is 13.0. The number of hydrogen-bond acceptors (Lipinski definition) is 4. The summed E-state index contributed by atoms with van der Waals surface area (Å²) in [4.78, 5) is 16.2. The van der Waals surface area contributed by atoms with Gasteiger partial charge in [0.05, 0.1) is 30.5 Å². The van der Waals surface area contributed by atoms with Crippen LogP contribution in [0.1, 0.15) is 17.8 Å². The molecule has 1 atom stereocenters. The summed E-state index contributed by atoms with van der Waals surface area (Å²) < 4.78 is 5.50. The molecule has 2 heterocycles. The fraction of sp³-hybridized carbons (Fsp3) is 0.538. The standard InChI is InChI=1S/C13H19N3O2/c1-9-3-4-12(10(2)15-9)16-13(17)7-11-8-14-5-6-18-11/h3-4,11,14H,5-8H2,1-2H3,(H,16,17)/t11-/m0/s1. The van der Waals surface area contributed by atoms with Crippen LogP contribution in [0.15, 0.2) is 12.1 Å². The Morgan fingerprint density at radius 3 is 3.06 bits per heavy atom. The molecule has 0 radical (unpaired) electrons. The smallest absolute Gasteiger partial charge is 0.227 e. The van der Waals surface area contributed by atoms with Crippen molar-refractivity contribution in [2.45, 2.75) is 26.4 Å². The second-order valence-corrected chi connectivity index (χ2v) is 4.53. The molecule has 1 aromatic rings. The molecule has 1 aromatic heterocycles. The fourth-order valence-corrected chi connectivity index (χ4v) is 1.98. The number of ether oxygens (including phenoxy) is 1. The topological polar surface area (TPSA) is 63.2 Å². The molecular formula is C13H19N3O2. The molecule has 1 amide bonds. The fourth-order valence-electron chi connectivity index (χ4n) is 1.98. The van der Waals surface area contributed by atoms with Gasteiger partial charge in [0.25, 0.3) is 0 Å². The lowest BCUT2D eigenvalue weighted by Crippen LogP contribution is -2.40. The van der Waals surface area contributed by atoms with Gasteiger partial charge in [0, 0.05) is 18.8 Å². The number of hydrogen-bond donors (Lipinski definition) is 2. The van der Waals surface area contributed by atoms with Crippen molar-refractivity contribution in [3.05, 3.63) is 23.5 Å². The van der Waals surface area contributed by atoms with Gasteiger partial charge in [-0.3, -0.25) is 9.78 Å². The highest BCUT2D eigenvalue weighted by Gasteiger charge is 2.17. The van der Waals surface area contributed by atoms with Crippen LogP contribution >= 0.6 is 0 Å². The highest BCUT2D eigenvalue weighted by Crippen LogP contribution is 2.13. The van der Waals surface area contributed by atoms with Crippen LogP contribution in [-0.4, -0.2) is 36.7 Å². The second kappa shape index (κ2) is 5.93. The SMILES string of the molecule is Cc1ccc(NC(=O)C[C@H]2CNCCO2)c(C)n1. The Bertz CT molecular complexity index is 428. The number of morpholine rings is 1. The molecule has 0 bridgehead atoms. The summed E-state index contributed by atoms with van der Waals surface area (Å²) in [5.41, 5.74) is 2.56. The van der Waals surface area contributed by atoms with Crippen molar-refractivity contribution >= 4 is 11.6 Å². The van der Waals surface area contributed by atoms with E-state index in [9.17, 15) is 4.79 Å². The third kappa shape index (κ3) is 3.51. The van der Waals surface area contributed by atoms with Gasteiger partial charge in [-0.2, -0.15) is 0 Å². The largest absolute Gasteiger partial charge is 0.375 e. The van der Waals surface area contributed by atoms with Crippen LogP contribution in [0.25, 0.3) is 0 Å². The Labute approximate surface area is 107 Å². The Hall–Kier alpha value is -1.46. The van der Waals surface area contributed by atoms with Gasteiger partial charge in [0.2, 0.25) is 5.91 Å². The molecule has 2 rings (SSSR count). The van der Waals surface area contributed by atoms with Crippen molar-refractivity contribution in [2.75, 3.05) is 25.0 Å². The lowest BCUT2D eigenvalue weighted by atomic mass is 10.2. The quantitative estimate of drug-likeness (QED) is 0.839. The number of pyridine rings is 1. The van der Waals surface area contributed by atoms with Crippen molar-refractivity contribution in [3.8, 4) is 0 Å². The minimum absolute atomic E-state index is 0.0301. The lowest BCUT2D eigenvalue weighted by Gasteiger charge is -2.23. The van der Waals surface area contributed by atoms with E-state index < -0.39 is 0 Å². The maximum Gasteiger partial charge on any atom is 0.227 e. The highest BCUT2D eigenvalue weighted by molar-refractivity contribution is 5.91. The predicted octanol–water partition coefficient (Wildman–Crippen LogP) is 1.02. The molecule has 0 saturated carbocycles. The summed E-state index contributed by atoms with van der Waals surface area (Å²) in [5.74, 6) is -0.0301. The van der Waals surface area contributed by atoms with E-state index >= 15 is 0 Å². The predicted molar refractivity (Wildman–Crippen MR) is 69.6 cm³/mol. The zero-order valence-corrected chi connectivity index (χ0v) is 10.8. The molecule has 5 nitrogen and oxygen atoms in total. The molecular weight excluding hydrogens is 230 g/mol. The zero-order valence-electron chi connectivity index (χ0n) is 10.8. The van der Waals surface area contributed by atoms with Crippen LogP contribution in [0.3, 0.4) is 0 Å². The Morgan fingerprint density at radius 2 is 2.39 bits per heavy atom. The average Bonchev–Trinajstić information content (AvgIpc) is 2.34. The van der Waals surface area contributed by atoms with E-state index in [4.69, 9.17) is 4.74 Å². The van der Waals surface area contributed by atoms with Crippen LogP contribution in [0.4, 0.5) is 5.69 Å². The Kier molecular flexibility index (Phi) is 4.28. The van der Waals surface area contributed by atoms with Crippen LogP contribution in [0.2, 0.25) is 0 Å². The van der Waals surface area contributed by atoms with E-state index in [1.54, 1.807) is 0 Å². The minimum Gasteiger partial charge on any atom is -0.375 e. The second-order valence-electron chi connectivity index (χ2n) is 4.53. The number of amides is 1. The van der Waals surface area contributed by atoms with Crippen LogP contribution in [-0.2, 0) is 9.53 Å². The molecule has 0 spiro atoms. The third-order valence-electron chi connectivity index (χ3n) is 2.92. The number of anilines is 1. The highest BCUT2D eigenvalue weighted by atomic mass is 16.5. The number of rotatable bonds is 3. The van der Waals surface area contributed by atoms with Gasteiger partial charge in [-0.15, -0.1) is 0 Å². The van der Waals surface area contributed by atoms with Gasteiger partial charge in [-0.05, 0) is 26.0 Å². The number of carbonyl (C=O) groups excluding carboxylic acids is 1. The number of carbonyl (C=O) groups is 1. The molecule has 1 aliphatic rings. The zero-order chi connectivity index (χ0) is 13.0. The van der Waals surface area contributed by atoms with Crippen LogP contribution in [0, 0.1) is 13.8 Å². The summed E-state index contributed by atoms with van der Waals surface area (Å²) in [6.07, 6.45) is 0.345. The summed E-state index contributed by atoms with van der Waals surface area (Å²) >= 11 is 0. The van der Waals surface area contributed by atoms with Crippen molar-refractivity contribution in [1.82, 2.24) is 10.3 Å². The molecule has 1 aliphatic heterocycles. The van der Waals surface area contributed by atoms with E-state index in [1.807, 2.05) is 26.0 Å². The summed E-state index contributed by atoms with van der Waals surface area (Å²) in [7, 11) is 0. The average molecular weight is 249 g/mol. The molecule has 0 aromatic carbocycles. The molecule has 2 N–H and O–H groups in total. The van der Waals surface area contributed by atoms with Crippen molar-refractivity contribution in [3.63, 3.8) is 0 Å². The van der Waals surface area contributed by atoms with E-state index in [1.165, 1.54) is 0 Å². The van der Waals surface area contributed by atoms with Gasteiger partial charge in [0.15, 0.2) is 0 Å². The first-order chi connectivity index (χ1) is 8.65. The molecule has 0 unspecified atom stereocenters. The van der Waals surface area contributed by atoms with Gasteiger partial charge in [0.1, 0.15) is 0 Å². The van der Waals surface area contributed by atoms with Gasteiger partial charge in [-0.25, -0.2) is 0 Å². The monoisotopic (exact) mass is 249 g/mol. The molecule has 1 fully saturated rings. The number of nitrogens with one attached hydrogen (secondary N) is 2. The Balaban J connectivity index is 1.90. The van der Waals surface area contributed by atoms with Crippen molar-refractivity contribution in [1.29, 1.82) is 0 Å². The van der Waals surface area contributed by atoms with Gasteiger partial charge < -0.3 is 15.4 Å². The normalized spacial score (nSPS) is 19.6. The Morgan fingerprint density at radius 1 is 1.56 bits per heavy atom. The van der Waals surface area contributed by atoms with Gasteiger partial charge >= 0.3 is 0 Å². The lowest BCUT2D eigenvalue weighted by molar-refractivity contribution is -0.119. The number of nitrogens with zero attached hydrogens (tertiary/aromatic N) is 1. The van der Waals surface area contributed by atoms with Crippen molar-refractivity contribution < 1.29 is 9.53 Å². The third-order valence-corrected chi connectivity index (χ3v) is 2.92.